The zero-order valence-corrected chi connectivity index (χ0v) is 14.3. The largest absolute Gasteiger partial charge is 0.229 e. The summed E-state index contributed by atoms with van der Waals surface area (Å²) in [6.45, 7) is 1.99. The van der Waals surface area contributed by atoms with E-state index in [0.717, 1.165) is 24.5 Å². The van der Waals surface area contributed by atoms with E-state index in [4.69, 9.17) is 0 Å². The Morgan fingerprint density at radius 2 is 1.96 bits per heavy atom. The highest BCUT2D eigenvalue weighted by atomic mass is 32.2. The smallest absolute Gasteiger partial charge is 0.151 e. The number of hydrogen-bond acceptors (Lipinski definition) is 4. The number of sulfone groups is 1. The van der Waals surface area contributed by atoms with Gasteiger partial charge in [0.25, 0.3) is 0 Å². The molecule has 0 spiro atoms. The first kappa shape index (κ1) is 15.7. The lowest BCUT2D eigenvalue weighted by Crippen LogP contribution is -2.11. The van der Waals surface area contributed by atoms with Gasteiger partial charge in [-0.3, -0.25) is 0 Å². The molecule has 0 bridgehead atoms. The van der Waals surface area contributed by atoms with Crippen molar-refractivity contribution in [2.45, 2.75) is 32.1 Å². The van der Waals surface area contributed by atoms with Crippen molar-refractivity contribution in [3.05, 3.63) is 41.7 Å². The normalized spacial score (nSPS) is 28.2. The first-order valence-electron chi connectivity index (χ1n) is 8.37. The van der Waals surface area contributed by atoms with E-state index >= 15 is 0 Å². The van der Waals surface area contributed by atoms with Crippen molar-refractivity contribution in [3.63, 3.8) is 0 Å². The summed E-state index contributed by atoms with van der Waals surface area (Å²) in [6.07, 6.45) is 2.35. The SMILES string of the molecule is CCc1nc(C2C[C@@H]3CS(=O)(=O)C[C@@H]3C2)n(-c2cccc(F)c2)n1. The van der Waals surface area contributed by atoms with Crippen molar-refractivity contribution in [1.82, 2.24) is 14.8 Å². The number of halogens is 1. The van der Waals surface area contributed by atoms with Crippen LogP contribution >= 0.6 is 0 Å². The molecule has 24 heavy (non-hydrogen) atoms. The Labute approximate surface area is 140 Å². The summed E-state index contributed by atoms with van der Waals surface area (Å²) < 4.78 is 38.9. The first-order chi connectivity index (χ1) is 11.4. The molecule has 3 atom stereocenters. The van der Waals surface area contributed by atoms with Crippen molar-refractivity contribution >= 4 is 9.84 Å². The number of fused-ring (bicyclic) bond motifs is 1. The van der Waals surface area contributed by atoms with E-state index in [1.807, 2.05) is 13.0 Å². The van der Waals surface area contributed by atoms with E-state index in [2.05, 4.69) is 10.1 Å². The number of aromatic nitrogens is 3. The topological polar surface area (TPSA) is 64.8 Å². The molecule has 0 N–H and O–H groups in total. The van der Waals surface area contributed by atoms with Crippen LogP contribution in [0.4, 0.5) is 4.39 Å². The minimum atomic E-state index is -2.87. The minimum Gasteiger partial charge on any atom is -0.229 e. The predicted octanol–water partition coefficient (Wildman–Crippen LogP) is 2.51. The first-order valence-corrected chi connectivity index (χ1v) is 10.2. The molecule has 1 aliphatic carbocycles. The van der Waals surface area contributed by atoms with Gasteiger partial charge in [-0.15, -0.1) is 0 Å². The second-order valence-corrected chi connectivity index (χ2v) is 9.05. The van der Waals surface area contributed by atoms with Crippen LogP contribution in [0.15, 0.2) is 24.3 Å². The molecule has 2 aromatic rings. The van der Waals surface area contributed by atoms with Crippen LogP contribution in [0.3, 0.4) is 0 Å². The molecule has 2 aliphatic rings. The van der Waals surface area contributed by atoms with E-state index in [9.17, 15) is 12.8 Å². The van der Waals surface area contributed by atoms with Crippen LogP contribution in [0.2, 0.25) is 0 Å². The highest BCUT2D eigenvalue weighted by Crippen LogP contribution is 2.46. The predicted molar refractivity (Wildman–Crippen MR) is 88.3 cm³/mol. The molecule has 1 aliphatic heterocycles. The molecule has 1 saturated carbocycles. The Kier molecular flexibility index (Phi) is 3.71. The molecule has 2 heterocycles. The molecule has 1 unspecified atom stereocenters. The van der Waals surface area contributed by atoms with Crippen LogP contribution in [-0.2, 0) is 16.3 Å². The van der Waals surface area contributed by atoms with Gasteiger partial charge in [-0.25, -0.2) is 22.5 Å². The second-order valence-electron chi connectivity index (χ2n) is 6.90. The third kappa shape index (κ3) is 2.75. The van der Waals surface area contributed by atoms with Gasteiger partial charge >= 0.3 is 0 Å². The molecular weight excluding hydrogens is 329 g/mol. The van der Waals surface area contributed by atoms with Crippen molar-refractivity contribution < 1.29 is 12.8 Å². The standard InChI is InChI=1S/C17H20FN3O2S/c1-2-16-19-17(21(20-16)15-5-3-4-14(18)8-15)11-6-12-9-24(22,23)10-13(12)7-11/h3-5,8,11-13H,2,6-7,9-10H2,1H3/t11?,12-,13+. The van der Waals surface area contributed by atoms with Gasteiger partial charge in [-0.2, -0.15) is 5.10 Å². The summed E-state index contributed by atoms with van der Waals surface area (Å²) in [5.74, 6) is 2.49. The van der Waals surface area contributed by atoms with Crippen LogP contribution in [-0.4, -0.2) is 34.7 Å². The molecule has 1 aromatic heterocycles. The highest BCUT2D eigenvalue weighted by Gasteiger charge is 2.46. The van der Waals surface area contributed by atoms with Gasteiger partial charge < -0.3 is 0 Å². The van der Waals surface area contributed by atoms with Crippen LogP contribution in [0.1, 0.15) is 37.3 Å². The zero-order chi connectivity index (χ0) is 16.9. The average molecular weight is 349 g/mol. The third-order valence-corrected chi connectivity index (χ3v) is 7.06. The van der Waals surface area contributed by atoms with E-state index in [-0.39, 0.29) is 23.6 Å². The molecule has 1 aromatic carbocycles. The average Bonchev–Trinajstić information content (AvgIpc) is 3.17. The van der Waals surface area contributed by atoms with Crippen molar-refractivity contribution in [2.24, 2.45) is 11.8 Å². The molecule has 128 valence electrons. The minimum absolute atomic E-state index is 0.187. The van der Waals surface area contributed by atoms with Gasteiger partial charge in [0, 0.05) is 12.3 Å². The monoisotopic (exact) mass is 349 g/mol. The summed E-state index contributed by atoms with van der Waals surface area (Å²) in [6, 6.07) is 6.35. The molecule has 7 heteroatoms. The Hall–Kier alpha value is -1.76. The Morgan fingerprint density at radius 3 is 2.58 bits per heavy atom. The number of nitrogens with zero attached hydrogens (tertiary/aromatic N) is 3. The maximum Gasteiger partial charge on any atom is 0.151 e. The fourth-order valence-corrected chi connectivity index (χ4v) is 6.39. The van der Waals surface area contributed by atoms with Gasteiger partial charge in [0.15, 0.2) is 15.7 Å². The number of benzene rings is 1. The van der Waals surface area contributed by atoms with Crippen LogP contribution in [0.5, 0.6) is 0 Å². The third-order valence-electron chi connectivity index (χ3n) is 5.19. The summed E-state index contributed by atoms with van der Waals surface area (Å²) in [4.78, 5) is 4.66. The highest BCUT2D eigenvalue weighted by molar-refractivity contribution is 7.91. The fraction of sp³-hybridized carbons (Fsp3) is 0.529. The van der Waals surface area contributed by atoms with E-state index < -0.39 is 9.84 Å². The van der Waals surface area contributed by atoms with Crippen LogP contribution in [0, 0.1) is 17.7 Å². The van der Waals surface area contributed by atoms with Crippen molar-refractivity contribution in [2.75, 3.05) is 11.5 Å². The molecule has 0 radical (unpaired) electrons. The van der Waals surface area contributed by atoms with Gasteiger partial charge in [0.2, 0.25) is 0 Å². The van der Waals surface area contributed by atoms with E-state index in [1.165, 1.54) is 12.1 Å². The fourth-order valence-electron chi connectivity index (χ4n) is 4.13. The zero-order valence-electron chi connectivity index (χ0n) is 13.5. The second kappa shape index (κ2) is 5.65. The molecule has 5 nitrogen and oxygen atoms in total. The van der Waals surface area contributed by atoms with Crippen molar-refractivity contribution in [3.8, 4) is 5.69 Å². The molecule has 4 rings (SSSR count). The number of rotatable bonds is 3. The lowest BCUT2D eigenvalue weighted by atomic mass is 10.0. The molecule has 0 amide bonds. The van der Waals surface area contributed by atoms with Gasteiger partial charge in [0.1, 0.15) is 11.6 Å². The Morgan fingerprint density at radius 1 is 1.25 bits per heavy atom. The maximum atomic E-state index is 13.6. The Balaban J connectivity index is 1.68. The van der Waals surface area contributed by atoms with Gasteiger partial charge in [-0.1, -0.05) is 13.0 Å². The van der Waals surface area contributed by atoms with E-state index in [0.29, 0.717) is 23.6 Å². The van der Waals surface area contributed by atoms with Crippen LogP contribution in [0.25, 0.3) is 5.69 Å². The van der Waals surface area contributed by atoms with Gasteiger partial charge in [0.05, 0.1) is 17.2 Å². The lowest BCUT2D eigenvalue weighted by Gasteiger charge is -2.12. The molecule has 1 saturated heterocycles. The number of aryl methyl sites for hydroxylation is 1. The van der Waals surface area contributed by atoms with Crippen molar-refractivity contribution in [1.29, 1.82) is 0 Å². The summed E-state index contributed by atoms with van der Waals surface area (Å²) in [5, 5.41) is 4.53. The molecule has 2 fully saturated rings. The van der Waals surface area contributed by atoms with Gasteiger partial charge in [-0.05, 0) is 42.9 Å². The quantitative estimate of drug-likeness (QED) is 0.854. The summed E-state index contributed by atoms with van der Waals surface area (Å²) >= 11 is 0. The summed E-state index contributed by atoms with van der Waals surface area (Å²) in [5.41, 5.74) is 0.668. The lowest BCUT2D eigenvalue weighted by molar-refractivity contribution is 0.494. The Bertz CT molecular complexity index is 858. The summed E-state index contributed by atoms with van der Waals surface area (Å²) in [7, 11) is -2.87. The van der Waals surface area contributed by atoms with E-state index in [1.54, 1.807) is 10.7 Å². The number of hydrogen-bond donors (Lipinski definition) is 0. The molecular formula is C17H20FN3O2S. The van der Waals surface area contributed by atoms with Crippen LogP contribution < -0.4 is 0 Å². The maximum absolute atomic E-state index is 13.6.